The van der Waals surface area contributed by atoms with Gasteiger partial charge < -0.3 is 5.32 Å². The molecule has 17 heavy (non-hydrogen) atoms. The topological polar surface area (TPSA) is 55.2 Å². The van der Waals surface area contributed by atoms with Crippen LogP contribution in [0.3, 0.4) is 0 Å². The van der Waals surface area contributed by atoms with Gasteiger partial charge in [-0.1, -0.05) is 18.6 Å². The Bertz CT molecular complexity index is 389. The van der Waals surface area contributed by atoms with E-state index in [4.69, 9.17) is 0 Å². The molecule has 0 spiro atoms. The maximum absolute atomic E-state index is 10.6. The molecule has 1 fully saturated rings. The zero-order valence-corrected chi connectivity index (χ0v) is 10.1. The summed E-state index contributed by atoms with van der Waals surface area (Å²) >= 11 is 0. The molecular weight excluding hydrogens is 216 g/mol. The van der Waals surface area contributed by atoms with Crippen LogP contribution in [0.2, 0.25) is 0 Å². The summed E-state index contributed by atoms with van der Waals surface area (Å²) in [6, 6.07) is 7.55. The van der Waals surface area contributed by atoms with Crippen LogP contribution in [0.1, 0.15) is 24.8 Å². The maximum atomic E-state index is 10.6. The molecule has 92 valence electrons. The summed E-state index contributed by atoms with van der Waals surface area (Å²) in [6.45, 7) is 0. The quantitative estimate of drug-likeness (QED) is 0.643. The highest BCUT2D eigenvalue weighted by Gasteiger charge is 2.25. The Balaban J connectivity index is 2.01. The van der Waals surface area contributed by atoms with E-state index < -0.39 is 0 Å². The Labute approximate surface area is 101 Å². The number of hydrogen-bond acceptors (Lipinski definition) is 3. The van der Waals surface area contributed by atoms with Gasteiger partial charge in [-0.25, -0.2) is 0 Å². The minimum atomic E-state index is -0.351. The van der Waals surface area contributed by atoms with E-state index in [0.29, 0.717) is 12.0 Å². The van der Waals surface area contributed by atoms with Crippen LogP contribution < -0.4 is 5.32 Å². The Morgan fingerprint density at radius 3 is 2.65 bits per heavy atom. The van der Waals surface area contributed by atoms with Gasteiger partial charge >= 0.3 is 0 Å². The Morgan fingerprint density at radius 2 is 2.06 bits per heavy atom. The first-order valence-electron chi connectivity index (χ1n) is 6.11. The summed E-state index contributed by atoms with van der Waals surface area (Å²) in [5.41, 5.74) is 1.37. The summed E-state index contributed by atoms with van der Waals surface area (Å²) in [4.78, 5) is 10.2. The fourth-order valence-electron chi connectivity index (χ4n) is 2.72. The van der Waals surface area contributed by atoms with Crippen molar-refractivity contribution in [1.29, 1.82) is 0 Å². The molecule has 1 aromatic carbocycles. The van der Waals surface area contributed by atoms with E-state index in [-0.39, 0.29) is 10.6 Å². The molecule has 4 nitrogen and oxygen atoms in total. The minimum absolute atomic E-state index is 0.172. The molecule has 1 aliphatic carbocycles. The summed E-state index contributed by atoms with van der Waals surface area (Å²) in [7, 11) is 2.01. The molecule has 1 N–H and O–H groups in total. The monoisotopic (exact) mass is 234 g/mol. The number of benzene rings is 1. The fraction of sp³-hybridized carbons (Fsp3) is 0.538. The van der Waals surface area contributed by atoms with Crippen LogP contribution >= 0.6 is 0 Å². The molecule has 0 aliphatic heterocycles. The van der Waals surface area contributed by atoms with E-state index in [2.05, 4.69) is 5.32 Å². The SMILES string of the molecule is CNC1CCCC1Cc1ccc([N+](=O)[O-])cc1. The minimum Gasteiger partial charge on any atom is -0.317 e. The number of hydrogen-bond donors (Lipinski definition) is 1. The van der Waals surface area contributed by atoms with Gasteiger partial charge in [-0.2, -0.15) is 0 Å². The molecule has 1 saturated carbocycles. The zero-order valence-electron chi connectivity index (χ0n) is 10.1. The lowest BCUT2D eigenvalue weighted by molar-refractivity contribution is -0.384. The van der Waals surface area contributed by atoms with E-state index in [1.165, 1.54) is 24.8 Å². The molecule has 0 heterocycles. The van der Waals surface area contributed by atoms with E-state index in [1.807, 2.05) is 19.2 Å². The molecule has 0 bridgehead atoms. The van der Waals surface area contributed by atoms with Crippen molar-refractivity contribution in [3.63, 3.8) is 0 Å². The van der Waals surface area contributed by atoms with Gasteiger partial charge in [0.05, 0.1) is 4.92 Å². The number of nitrogens with one attached hydrogen (secondary N) is 1. The van der Waals surface area contributed by atoms with E-state index >= 15 is 0 Å². The van der Waals surface area contributed by atoms with E-state index in [1.54, 1.807) is 12.1 Å². The van der Waals surface area contributed by atoms with Crippen molar-refractivity contribution in [2.45, 2.75) is 31.7 Å². The Kier molecular flexibility index (Phi) is 3.74. The first kappa shape index (κ1) is 12.0. The maximum Gasteiger partial charge on any atom is 0.269 e. The lowest BCUT2D eigenvalue weighted by atomic mass is 9.94. The van der Waals surface area contributed by atoms with Gasteiger partial charge in [-0.3, -0.25) is 10.1 Å². The number of nitro groups is 1. The lowest BCUT2D eigenvalue weighted by Crippen LogP contribution is -2.29. The van der Waals surface area contributed by atoms with E-state index in [9.17, 15) is 10.1 Å². The van der Waals surface area contributed by atoms with Crippen LogP contribution in [0, 0.1) is 16.0 Å². The average molecular weight is 234 g/mol. The molecule has 0 amide bonds. The third-order valence-corrected chi connectivity index (χ3v) is 3.67. The van der Waals surface area contributed by atoms with Crippen LogP contribution in [0.25, 0.3) is 0 Å². The summed E-state index contributed by atoms with van der Waals surface area (Å²) < 4.78 is 0. The molecule has 2 rings (SSSR count). The molecule has 0 saturated heterocycles. The lowest BCUT2D eigenvalue weighted by Gasteiger charge is -2.18. The molecule has 0 aromatic heterocycles. The molecular formula is C13H18N2O2. The molecule has 2 unspecified atom stereocenters. The summed E-state index contributed by atoms with van der Waals surface area (Å²) in [5.74, 6) is 0.668. The van der Waals surface area contributed by atoms with Crippen molar-refractivity contribution in [1.82, 2.24) is 5.32 Å². The summed E-state index contributed by atoms with van der Waals surface area (Å²) in [6.07, 6.45) is 4.79. The van der Waals surface area contributed by atoms with Crippen molar-refractivity contribution in [3.8, 4) is 0 Å². The third-order valence-electron chi connectivity index (χ3n) is 3.67. The largest absolute Gasteiger partial charge is 0.317 e. The number of non-ortho nitro benzene ring substituents is 1. The normalized spacial score (nSPS) is 23.8. The van der Waals surface area contributed by atoms with Crippen LogP contribution in [0.15, 0.2) is 24.3 Å². The molecule has 2 atom stereocenters. The van der Waals surface area contributed by atoms with Gasteiger partial charge in [0.15, 0.2) is 0 Å². The van der Waals surface area contributed by atoms with Gasteiger partial charge in [0.1, 0.15) is 0 Å². The van der Waals surface area contributed by atoms with Gasteiger partial charge in [-0.15, -0.1) is 0 Å². The van der Waals surface area contributed by atoms with E-state index in [0.717, 1.165) is 6.42 Å². The fourth-order valence-corrected chi connectivity index (χ4v) is 2.72. The highest BCUT2D eigenvalue weighted by Crippen LogP contribution is 2.29. The highest BCUT2D eigenvalue weighted by molar-refractivity contribution is 5.33. The second kappa shape index (κ2) is 5.27. The van der Waals surface area contributed by atoms with Crippen molar-refractivity contribution in [2.24, 2.45) is 5.92 Å². The van der Waals surface area contributed by atoms with Gasteiger partial charge in [0, 0.05) is 18.2 Å². The van der Waals surface area contributed by atoms with Gasteiger partial charge in [0.25, 0.3) is 5.69 Å². The number of nitro benzene ring substituents is 1. The smallest absolute Gasteiger partial charge is 0.269 e. The predicted molar refractivity (Wildman–Crippen MR) is 67.0 cm³/mol. The molecule has 0 radical (unpaired) electrons. The van der Waals surface area contributed by atoms with Crippen molar-refractivity contribution < 1.29 is 4.92 Å². The van der Waals surface area contributed by atoms with Crippen LogP contribution in [0.5, 0.6) is 0 Å². The van der Waals surface area contributed by atoms with Gasteiger partial charge in [0.2, 0.25) is 0 Å². The molecule has 4 heteroatoms. The van der Waals surface area contributed by atoms with Crippen LogP contribution in [-0.4, -0.2) is 18.0 Å². The second-order valence-corrected chi connectivity index (χ2v) is 4.71. The molecule has 1 aromatic rings. The van der Waals surface area contributed by atoms with Crippen molar-refractivity contribution in [3.05, 3.63) is 39.9 Å². The Hall–Kier alpha value is -1.42. The van der Waals surface area contributed by atoms with Crippen molar-refractivity contribution >= 4 is 5.69 Å². The highest BCUT2D eigenvalue weighted by atomic mass is 16.6. The number of rotatable bonds is 4. The predicted octanol–water partition coefficient (Wildman–Crippen LogP) is 2.53. The van der Waals surface area contributed by atoms with Crippen LogP contribution in [-0.2, 0) is 6.42 Å². The van der Waals surface area contributed by atoms with Gasteiger partial charge in [-0.05, 0) is 37.8 Å². The number of nitrogens with zero attached hydrogens (tertiary/aromatic N) is 1. The third kappa shape index (κ3) is 2.82. The summed E-state index contributed by atoms with van der Waals surface area (Å²) in [5, 5.41) is 13.9. The van der Waals surface area contributed by atoms with Crippen LogP contribution in [0.4, 0.5) is 5.69 Å². The standard InChI is InChI=1S/C13H18N2O2/c1-14-13-4-2-3-11(13)9-10-5-7-12(8-6-10)15(16)17/h5-8,11,13-14H,2-4,9H2,1H3. The average Bonchev–Trinajstić information content (AvgIpc) is 2.77. The first-order valence-corrected chi connectivity index (χ1v) is 6.11. The first-order chi connectivity index (χ1) is 8.20. The van der Waals surface area contributed by atoms with Crippen molar-refractivity contribution in [2.75, 3.05) is 7.05 Å². The molecule has 1 aliphatic rings. The second-order valence-electron chi connectivity index (χ2n) is 4.71. The Morgan fingerprint density at radius 1 is 1.35 bits per heavy atom. The zero-order chi connectivity index (χ0) is 12.3.